The Labute approximate surface area is 78.7 Å². The van der Waals surface area contributed by atoms with E-state index in [9.17, 15) is 0 Å². The van der Waals surface area contributed by atoms with Gasteiger partial charge < -0.3 is 8.85 Å². The van der Waals surface area contributed by atoms with E-state index in [0.29, 0.717) is 25.1 Å². The molecule has 0 aromatic carbocycles. The van der Waals surface area contributed by atoms with E-state index in [1.165, 1.54) is 0 Å². The third kappa shape index (κ3) is 5.04. The van der Waals surface area contributed by atoms with Crippen LogP contribution in [0.25, 0.3) is 0 Å². The molecule has 0 saturated carbocycles. The summed E-state index contributed by atoms with van der Waals surface area (Å²) < 4.78 is 10.6. The predicted octanol–water partition coefficient (Wildman–Crippen LogP) is 2.48. The highest BCUT2D eigenvalue weighted by Crippen LogP contribution is 2.18. The summed E-state index contributed by atoms with van der Waals surface area (Å²) >= 11 is 11.6. The minimum Gasteiger partial charge on any atom is -0.383 e. The van der Waals surface area contributed by atoms with Gasteiger partial charge in [-0.1, -0.05) is 11.1 Å². The molecule has 0 radical (unpaired) electrons. The first-order chi connectivity index (χ1) is 5.18. The second-order valence-corrected chi connectivity index (χ2v) is 6.47. The molecule has 0 aromatic heterocycles. The van der Waals surface area contributed by atoms with E-state index in [1.54, 1.807) is 0 Å². The van der Waals surface area contributed by atoms with Crippen LogP contribution in [-0.2, 0) is 8.85 Å². The van der Waals surface area contributed by atoms with Gasteiger partial charge in [-0.05, 0) is 13.8 Å². The molecule has 0 aliphatic heterocycles. The minimum absolute atomic E-state index is 0.496. The van der Waals surface area contributed by atoms with Crippen LogP contribution in [-0.4, -0.2) is 27.0 Å². The third-order valence-electron chi connectivity index (χ3n) is 1.11. The van der Waals surface area contributed by atoms with Gasteiger partial charge in [0.2, 0.25) is 0 Å². The molecule has 0 aliphatic carbocycles. The fraction of sp³-hybridized carbons (Fsp3) is 1.00. The Morgan fingerprint density at radius 2 is 1.64 bits per heavy atom. The van der Waals surface area contributed by atoms with E-state index in [1.807, 2.05) is 13.8 Å². The molecule has 0 N–H and O–H groups in total. The summed E-state index contributed by atoms with van der Waals surface area (Å²) in [7, 11) is -2.41. The molecule has 0 atom stereocenters. The number of alkyl halides is 1. The van der Waals surface area contributed by atoms with Crippen molar-refractivity contribution in [3.8, 4) is 0 Å². The number of hydrogen-bond acceptors (Lipinski definition) is 2. The first kappa shape index (κ1) is 11.7. The summed E-state index contributed by atoms with van der Waals surface area (Å²) in [5.41, 5.74) is 0. The van der Waals surface area contributed by atoms with Gasteiger partial charge >= 0.3 is 7.87 Å². The molecular formula is C6H14Cl2O2Si. The van der Waals surface area contributed by atoms with Gasteiger partial charge in [0.1, 0.15) is 0 Å². The maximum Gasteiger partial charge on any atom is 0.444 e. The van der Waals surface area contributed by atoms with Crippen LogP contribution in [0, 0.1) is 0 Å². The maximum absolute atomic E-state index is 6.05. The average molecular weight is 217 g/mol. The molecule has 0 heterocycles. The van der Waals surface area contributed by atoms with Crippen LogP contribution in [0.3, 0.4) is 0 Å². The van der Waals surface area contributed by atoms with E-state index < -0.39 is 7.87 Å². The summed E-state index contributed by atoms with van der Waals surface area (Å²) in [5, 5.41) is 0. The molecule has 0 unspecified atom stereocenters. The zero-order valence-corrected chi connectivity index (χ0v) is 9.41. The molecule has 0 saturated heterocycles. The lowest BCUT2D eigenvalue weighted by Crippen LogP contribution is -2.36. The van der Waals surface area contributed by atoms with E-state index in [0.717, 1.165) is 0 Å². The predicted molar refractivity (Wildman–Crippen MR) is 50.4 cm³/mol. The summed E-state index contributed by atoms with van der Waals surface area (Å²) in [4.78, 5) is 0. The zero-order valence-electron chi connectivity index (χ0n) is 6.90. The van der Waals surface area contributed by atoms with Crippen molar-refractivity contribution in [3.05, 3.63) is 0 Å². The van der Waals surface area contributed by atoms with Crippen LogP contribution in [0.5, 0.6) is 0 Å². The fourth-order valence-corrected chi connectivity index (χ4v) is 4.16. The van der Waals surface area contributed by atoms with Gasteiger partial charge in [-0.15, -0.1) is 11.6 Å². The Kier molecular flexibility index (Phi) is 6.66. The molecule has 0 rings (SSSR count). The van der Waals surface area contributed by atoms with Crippen molar-refractivity contribution in [2.45, 2.75) is 19.9 Å². The average Bonchev–Trinajstić information content (AvgIpc) is 1.88. The largest absolute Gasteiger partial charge is 0.444 e. The molecule has 0 bridgehead atoms. The highest BCUT2D eigenvalue weighted by molar-refractivity contribution is 7.13. The first-order valence-electron chi connectivity index (χ1n) is 3.71. The van der Waals surface area contributed by atoms with Crippen molar-refractivity contribution in [1.29, 1.82) is 0 Å². The standard InChI is InChI=1S/C6H14Cl2O2Si/c1-3-9-11(8,6-5-7)10-4-2/h3-6H2,1-2H3. The van der Waals surface area contributed by atoms with Gasteiger partial charge in [0.25, 0.3) is 0 Å². The van der Waals surface area contributed by atoms with Gasteiger partial charge in [0.15, 0.2) is 0 Å². The molecule has 0 aliphatic rings. The van der Waals surface area contributed by atoms with Crippen molar-refractivity contribution in [3.63, 3.8) is 0 Å². The van der Waals surface area contributed by atoms with Crippen LogP contribution in [0.4, 0.5) is 0 Å². The van der Waals surface area contributed by atoms with Gasteiger partial charge in [-0.25, -0.2) is 0 Å². The molecular weight excluding hydrogens is 203 g/mol. The topological polar surface area (TPSA) is 18.5 Å². The molecule has 68 valence electrons. The minimum atomic E-state index is -2.41. The Balaban J connectivity index is 3.79. The molecule has 0 fully saturated rings. The molecule has 0 amide bonds. The van der Waals surface area contributed by atoms with E-state index in [4.69, 9.17) is 31.5 Å². The molecule has 11 heavy (non-hydrogen) atoms. The van der Waals surface area contributed by atoms with Gasteiger partial charge in [0.05, 0.1) is 0 Å². The number of rotatable bonds is 6. The van der Waals surface area contributed by atoms with Crippen LogP contribution in [0.15, 0.2) is 0 Å². The van der Waals surface area contributed by atoms with Crippen LogP contribution >= 0.6 is 22.7 Å². The second kappa shape index (κ2) is 6.26. The van der Waals surface area contributed by atoms with Crippen molar-refractivity contribution in [1.82, 2.24) is 0 Å². The van der Waals surface area contributed by atoms with E-state index in [2.05, 4.69) is 0 Å². The Morgan fingerprint density at radius 1 is 1.18 bits per heavy atom. The van der Waals surface area contributed by atoms with E-state index >= 15 is 0 Å². The summed E-state index contributed by atoms with van der Waals surface area (Å²) in [6.07, 6.45) is 0. The van der Waals surface area contributed by atoms with Crippen LogP contribution in [0.2, 0.25) is 6.04 Å². The normalized spacial score (nSPS) is 12.0. The highest BCUT2D eigenvalue weighted by Gasteiger charge is 2.34. The number of halogens is 2. The monoisotopic (exact) mass is 216 g/mol. The lowest BCUT2D eigenvalue weighted by molar-refractivity contribution is 0.204. The van der Waals surface area contributed by atoms with E-state index in [-0.39, 0.29) is 0 Å². The lowest BCUT2D eigenvalue weighted by atomic mass is 10.9. The van der Waals surface area contributed by atoms with Crippen LogP contribution in [0.1, 0.15) is 13.8 Å². The second-order valence-electron chi connectivity index (χ2n) is 1.96. The summed E-state index contributed by atoms with van der Waals surface area (Å²) in [6.45, 7) is 4.98. The van der Waals surface area contributed by atoms with Crippen molar-refractivity contribution in [2.75, 3.05) is 19.1 Å². The zero-order chi connectivity index (χ0) is 8.74. The fourth-order valence-electron chi connectivity index (χ4n) is 0.730. The Hall–Kier alpha value is 0.717. The highest BCUT2D eigenvalue weighted by atomic mass is 35.6. The molecule has 5 heteroatoms. The van der Waals surface area contributed by atoms with Crippen molar-refractivity contribution >= 4 is 30.6 Å². The molecule has 0 aromatic rings. The summed E-state index contributed by atoms with van der Waals surface area (Å²) in [6, 6.07) is 0.637. The maximum atomic E-state index is 6.05. The first-order valence-corrected chi connectivity index (χ1v) is 7.28. The Morgan fingerprint density at radius 3 is 1.91 bits per heavy atom. The number of hydrogen-bond donors (Lipinski definition) is 0. The van der Waals surface area contributed by atoms with Crippen molar-refractivity contribution in [2.24, 2.45) is 0 Å². The summed E-state index contributed by atoms with van der Waals surface area (Å²) in [5.74, 6) is 0.496. The van der Waals surface area contributed by atoms with Gasteiger partial charge in [-0.2, -0.15) is 0 Å². The third-order valence-corrected chi connectivity index (χ3v) is 5.13. The van der Waals surface area contributed by atoms with Crippen molar-refractivity contribution < 1.29 is 8.85 Å². The van der Waals surface area contributed by atoms with Crippen LogP contribution < -0.4 is 0 Å². The van der Waals surface area contributed by atoms with Gasteiger partial charge in [0, 0.05) is 25.1 Å². The van der Waals surface area contributed by atoms with Gasteiger partial charge in [-0.3, -0.25) is 0 Å². The quantitative estimate of drug-likeness (QED) is 0.386. The smallest absolute Gasteiger partial charge is 0.383 e. The SMILES string of the molecule is CCO[Si](Cl)(CCCl)OCC. The molecule has 2 nitrogen and oxygen atoms in total. The Bertz CT molecular complexity index is 85.6. The molecule has 0 spiro atoms. The lowest BCUT2D eigenvalue weighted by Gasteiger charge is -2.21.